The zero-order valence-corrected chi connectivity index (χ0v) is 20.2. The second-order valence-electron chi connectivity index (χ2n) is 4.97. The van der Waals surface area contributed by atoms with E-state index in [2.05, 4.69) is 35.4 Å². The van der Waals surface area contributed by atoms with Gasteiger partial charge in [-0.25, -0.2) is 15.0 Å². The van der Waals surface area contributed by atoms with Crippen molar-refractivity contribution in [3.8, 4) is 0 Å². The second kappa shape index (κ2) is 9.55. The van der Waals surface area contributed by atoms with Gasteiger partial charge in [-0.2, -0.15) is 0 Å². The first kappa shape index (κ1) is 24.9. The number of aliphatic hydroxyl groups is 2. The maximum absolute atomic E-state index is 10.5. The third-order valence-electron chi connectivity index (χ3n) is 3.45. The van der Waals surface area contributed by atoms with Gasteiger partial charge in [0.15, 0.2) is 27.9 Å². The van der Waals surface area contributed by atoms with E-state index in [0.717, 1.165) is 0 Å². The molecule has 3 rings (SSSR count). The molecule has 0 spiro atoms. The maximum atomic E-state index is 10.5. The fourth-order valence-corrected chi connectivity index (χ4v) is 3.25. The zero-order valence-electron chi connectivity index (χ0n) is 13.7. The first-order valence-electron chi connectivity index (χ1n) is 6.51. The molecule has 0 bridgehead atoms. The van der Waals surface area contributed by atoms with E-state index in [0.29, 0.717) is 0 Å². The van der Waals surface area contributed by atoms with Crippen LogP contribution < -0.4 is 74.6 Å². The number of phosphoric ester groups is 1. The number of aliphatic hydroxyl groups excluding tert-OH is 2. The summed E-state index contributed by atoms with van der Waals surface area (Å²) in [5.41, 5.74) is 6.18. The number of hydrogen-bond donors (Lipinski definition) is 3. The molecule has 1 saturated heterocycles. The van der Waals surface area contributed by atoms with Crippen molar-refractivity contribution in [1.29, 1.82) is 0 Å². The summed E-state index contributed by atoms with van der Waals surface area (Å²) < 4.78 is 21.6. The molecular weight excluding hydrogens is 459 g/mol. The Morgan fingerprint density at radius 2 is 2.00 bits per heavy atom. The van der Waals surface area contributed by atoms with Gasteiger partial charge in [0.25, 0.3) is 0 Å². The molecule has 0 amide bonds. The Kier molecular flexibility index (Phi) is 9.13. The molecular formula is C10H11BrN5Na2O7P. The predicted molar refractivity (Wildman–Crippen MR) is 76.9 cm³/mol. The molecule has 1 aliphatic heterocycles. The standard InChI is InChI=1S/C10H13BrN5O7P.2Na/c11-10-15-4-7(12)13-2-14-8(4)16(10)9-6(18)5(17)3(23-9)1-22-24(19,20)21;;/h2-3,5-6,9,17-18H,1H2,(H2,12,13,14)(H2,19,20,21);;/q;2*+1/p-2/t3-,5-,6-,9-;;/m1../s1. The van der Waals surface area contributed by atoms with Crippen molar-refractivity contribution in [2.75, 3.05) is 12.3 Å². The Morgan fingerprint density at radius 3 is 2.62 bits per heavy atom. The van der Waals surface area contributed by atoms with Crippen LogP contribution in [0.3, 0.4) is 0 Å². The summed E-state index contributed by atoms with van der Waals surface area (Å²) in [6.45, 7) is -0.736. The van der Waals surface area contributed by atoms with Crippen molar-refractivity contribution in [2.45, 2.75) is 24.5 Å². The molecule has 0 aromatic carbocycles. The Morgan fingerprint density at radius 1 is 1.35 bits per heavy atom. The first-order chi connectivity index (χ1) is 11.2. The van der Waals surface area contributed by atoms with E-state index in [1.165, 1.54) is 10.9 Å². The minimum atomic E-state index is -5.24. The molecule has 0 saturated carbocycles. The summed E-state index contributed by atoms with van der Waals surface area (Å²) in [7, 11) is -5.24. The number of fused-ring (bicyclic) bond motifs is 1. The maximum Gasteiger partial charge on any atom is 1.00 e. The van der Waals surface area contributed by atoms with E-state index in [1.54, 1.807) is 0 Å². The molecule has 2 aromatic heterocycles. The topological polar surface area (TPSA) is 192 Å². The summed E-state index contributed by atoms with van der Waals surface area (Å²) in [6, 6.07) is 0. The molecule has 1 aliphatic rings. The molecule has 0 aliphatic carbocycles. The van der Waals surface area contributed by atoms with Gasteiger partial charge in [-0.05, 0) is 15.9 Å². The molecule has 4 N–H and O–H groups in total. The van der Waals surface area contributed by atoms with E-state index >= 15 is 0 Å². The number of nitrogen functional groups attached to an aromatic ring is 1. The van der Waals surface area contributed by atoms with Gasteiger partial charge >= 0.3 is 59.1 Å². The number of imidazole rings is 1. The van der Waals surface area contributed by atoms with Crippen LogP contribution in [0.2, 0.25) is 0 Å². The summed E-state index contributed by atoms with van der Waals surface area (Å²) in [5, 5.41) is 20.2. The quantitative estimate of drug-likeness (QED) is 0.218. The van der Waals surface area contributed by atoms with Gasteiger partial charge in [0.05, 0.1) is 14.4 Å². The van der Waals surface area contributed by atoms with Crippen LogP contribution in [0.1, 0.15) is 6.23 Å². The number of phosphoric acid groups is 1. The summed E-state index contributed by atoms with van der Waals surface area (Å²) in [4.78, 5) is 33.0. The van der Waals surface area contributed by atoms with Crippen LogP contribution in [0.5, 0.6) is 0 Å². The first-order valence-corrected chi connectivity index (χ1v) is 8.76. The van der Waals surface area contributed by atoms with Gasteiger partial charge < -0.3 is 39.6 Å². The van der Waals surface area contributed by atoms with E-state index < -0.39 is 39.0 Å². The largest absolute Gasteiger partial charge is 1.00 e. The van der Waals surface area contributed by atoms with Crippen LogP contribution in [0, 0.1) is 0 Å². The van der Waals surface area contributed by atoms with Gasteiger partial charge in [0, 0.05) is 0 Å². The molecule has 132 valence electrons. The Hall–Kier alpha value is 0.820. The smallest absolute Gasteiger partial charge is 0.790 e. The van der Waals surface area contributed by atoms with Gasteiger partial charge in [0.1, 0.15) is 24.6 Å². The number of rotatable bonds is 4. The van der Waals surface area contributed by atoms with Crippen molar-refractivity contribution < 1.29 is 92.9 Å². The average molecular weight is 470 g/mol. The molecule has 0 radical (unpaired) electrons. The molecule has 1 fully saturated rings. The van der Waals surface area contributed by atoms with Gasteiger partial charge in [-0.1, -0.05) is 0 Å². The van der Waals surface area contributed by atoms with Gasteiger partial charge in [0.2, 0.25) is 0 Å². The monoisotopic (exact) mass is 469 g/mol. The molecule has 26 heavy (non-hydrogen) atoms. The summed E-state index contributed by atoms with van der Waals surface area (Å²) in [5.74, 6) is 0.103. The normalized spacial score (nSPS) is 25.7. The molecule has 16 heteroatoms. The van der Waals surface area contributed by atoms with E-state index in [-0.39, 0.29) is 80.8 Å². The number of nitrogens with zero attached hydrogens (tertiary/aromatic N) is 4. The third-order valence-corrected chi connectivity index (χ3v) is 4.48. The number of aromatic nitrogens is 4. The Labute approximate surface area is 199 Å². The van der Waals surface area contributed by atoms with Crippen LogP contribution >= 0.6 is 23.8 Å². The Bertz CT molecular complexity index is 822. The van der Waals surface area contributed by atoms with Crippen molar-refractivity contribution in [1.82, 2.24) is 19.5 Å². The summed E-state index contributed by atoms with van der Waals surface area (Å²) in [6.07, 6.45) is -4.18. The average Bonchev–Trinajstić information content (AvgIpc) is 2.96. The predicted octanol–water partition coefficient (Wildman–Crippen LogP) is -8.36. The van der Waals surface area contributed by atoms with Crippen molar-refractivity contribution >= 4 is 40.7 Å². The molecule has 0 unspecified atom stereocenters. The SMILES string of the molecule is Nc1ncnc2c1nc(Br)n2[C@@H]1O[C@H](COP(=O)([O-])[O-])[C@@H](O)[C@H]1O.[Na+].[Na+]. The van der Waals surface area contributed by atoms with Crippen molar-refractivity contribution in [3.05, 3.63) is 11.1 Å². The van der Waals surface area contributed by atoms with Crippen LogP contribution in [-0.2, 0) is 13.8 Å². The molecule has 2 aromatic rings. The number of nitrogens with two attached hydrogens (primary N) is 1. The minimum Gasteiger partial charge on any atom is -0.790 e. The number of anilines is 1. The van der Waals surface area contributed by atoms with Gasteiger partial charge in [-0.15, -0.1) is 0 Å². The molecule has 3 heterocycles. The van der Waals surface area contributed by atoms with Gasteiger partial charge in [-0.3, -0.25) is 4.57 Å². The van der Waals surface area contributed by atoms with Crippen molar-refractivity contribution in [2.24, 2.45) is 0 Å². The number of halogens is 1. The summed E-state index contributed by atoms with van der Waals surface area (Å²) >= 11 is 3.17. The van der Waals surface area contributed by atoms with E-state index in [9.17, 15) is 24.6 Å². The van der Waals surface area contributed by atoms with Crippen molar-refractivity contribution in [3.63, 3.8) is 0 Å². The van der Waals surface area contributed by atoms with Crippen LogP contribution in [0.25, 0.3) is 11.2 Å². The fraction of sp³-hybridized carbons (Fsp3) is 0.500. The number of ether oxygens (including phenoxy) is 1. The minimum absolute atomic E-state index is 0. The van der Waals surface area contributed by atoms with E-state index in [4.69, 9.17) is 10.5 Å². The van der Waals surface area contributed by atoms with E-state index in [1.807, 2.05) is 0 Å². The van der Waals surface area contributed by atoms with Crippen LogP contribution in [-0.4, -0.2) is 54.7 Å². The number of hydrogen-bond acceptors (Lipinski definition) is 11. The third kappa shape index (κ3) is 5.05. The molecule has 12 nitrogen and oxygen atoms in total. The Balaban J connectivity index is 0.00000169. The van der Waals surface area contributed by atoms with Crippen LogP contribution in [0.15, 0.2) is 11.1 Å². The molecule has 4 atom stereocenters. The fourth-order valence-electron chi connectivity index (χ4n) is 2.37. The van der Waals surface area contributed by atoms with Crippen LogP contribution in [0.4, 0.5) is 5.82 Å². The second-order valence-corrected chi connectivity index (χ2v) is 6.83. The zero-order chi connectivity index (χ0) is 17.6.